The number of anilines is 1. The summed E-state index contributed by atoms with van der Waals surface area (Å²) in [6.07, 6.45) is 0. The molecule has 0 unspecified atom stereocenters. The zero-order valence-corrected chi connectivity index (χ0v) is 13.5. The molecule has 1 N–H and O–H groups in total. The van der Waals surface area contributed by atoms with Gasteiger partial charge in [0.1, 0.15) is 11.6 Å². The first kappa shape index (κ1) is 16.0. The molecule has 0 aliphatic heterocycles. The first-order chi connectivity index (χ1) is 11.5. The van der Waals surface area contributed by atoms with E-state index < -0.39 is 0 Å². The number of halogens is 1. The number of carbonyl (C=O) groups excluding carboxylic acids is 1. The summed E-state index contributed by atoms with van der Waals surface area (Å²) in [7, 11) is 0. The number of hydrogen-bond acceptors (Lipinski definition) is 2. The van der Waals surface area contributed by atoms with Crippen molar-refractivity contribution in [1.82, 2.24) is 0 Å². The van der Waals surface area contributed by atoms with Crippen LogP contribution in [0.2, 0.25) is 0 Å². The molecule has 24 heavy (non-hydrogen) atoms. The van der Waals surface area contributed by atoms with Crippen molar-refractivity contribution in [3.8, 4) is 11.3 Å². The van der Waals surface area contributed by atoms with E-state index in [4.69, 9.17) is 4.42 Å². The van der Waals surface area contributed by atoms with Gasteiger partial charge in [0.05, 0.1) is 5.56 Å². The van der Waals surface area contributed by atoms with Crippen molar-refractivity contribution in [3.63, 3.8) is 0 Å². The Hall–Kier alpha value is -2.88. The van der Waals surface area contributed by atoms with Crippen LogP contribution in [-0.2, 0) is 0 Å². The molecule has 0 atom stereocenters. The highest BCUT2D eigenvalue weighted by molar-refractivity contribution is 6.02. The third-order valence-electron chi connectivity index (χ3n) is 3.80. The minimum atomic E-state index is -0.386. The molecule has 1 amide bonds. The lowest BCUT2D eigenvalue weighted by Gasteiger charge is -2.07. The average molecular weight is 323 g/mol. The number of carbonyl (C=O) groups is 1. The second kappa shape index (κ2) is 6.71. The smallest absolute Gasteiger partial charge is 0.291 e. The van der Waals surface area contributed by atoms with Crippen molar-refractivity contribution in [2.24, 2.45) is 0 Å². The Morgan fingerprint density at radius 1 is 1.00 bits per heavy atom. The summed E-state index contributed by atoms with van der Waals surface area (Å²) in [5.74, 6) is 0.149. The van der Waals surface area contributed by atoms with Crippen LogP contribution in [0.25, 0.3) is 11.3 Å². The molecule has 0 bridgehead atoms. The van der Waals surface area contributed by atoms with Crippen LogP contribution < -0.4 is 5.32 Å². The molecular weight excluding hydrogens is 305 g/mol. The van der Waals surface area contributed by atoms with Gasteiger partial charge in [0, 0.05) is 5.69 Å². The molecule has 0 fully saturated rings. The van der Waals surface area contributed by atoms with Gasteiger partial charge >= 0.3 is 0 Å². The summed E-state index contributed by atoms with van der Waals surface area (Å²) in [4.78, 5) is 12.3. The van der Waals surface area contributed by atoms with Crippen LogP contribution in [0.4, 0.5) is 10.1 Å². The largest absolute Gasteiger partial charge is 0.451 e. The van der Waals surface area contributed by atoms with Crippen molar-refractivity contribution in [1.29, 1.82) is 0 Å². The highest BCUT2D eigenvalue weighted by Crippen LogP contribution is 2.25. The Balaban J connectivity index is 1.75. The maximum atomic E-state index is 13.8. The molecule has 0 aliphatic rings. The summed E-state index contributed by atoms with van der Waals surface area (Å²) in [5, 5.41) is 2.78. The highest BCUT2D eigenvalue weighted by atomic mass is 19.1. The van der Waals surface area contributed by atoms with Crippen LogP contribution in [0, 0.1) is 5.82 Å². The molecule has 4 heteroatoms. The average Bonchev–Trinajstić information content (AvgIpc) is 3.05. The van der Waals surface area contributed by atoms with E-state index in [1.807, 2.05) is 24.3 Å². The normalized spacial score (nSPS) is 10.8. The summed E-state index contributed by atoms with van der Waals surface area (Å²) in [6.45, 7) is 4.22. The number of furan rings is 1. The first-order valence-electron chi connectivity index (χ1n) is 7.80. The fourth-order valence-electron chi connectivity index (χ4n) is 2.41. The number of nitrogens with one attached hydrogen (secondary N) is 1. The molecule has 0 radical (unpaired) electrons. The molecular formula is C20H18FNO2. The summed E-state index contributed by atoms with van der Waals surface area (Å²) in [5.41, 5.74) is 2.22. The molecule has 122 valence electrons. The van der Waals surface area contributed by atoms with Crippen LogP contribution in [0.15, 0.2) is 65.1 Å². The minimum Gasteiger partial charge on any atom is -0.451 e. The van der Waals surface area contributed by atoms with Crippen LogP contribution >= 0.6 is 0 Å². The zero-order chi connectivity index (χ0) is 17.1. The molecule has 3 rings (SSSR count). The van der Waals surface area contributed by atoms with Gasteiger partial charge in [0.2, 0.25) is 0 Å². The number of benzene rings is 2. The number of amides is 1. The first-order valence-corrected chi connectivity index (χ1v) is 7.80. The molecule has 0 saturated carbocycles. The van der Waals surface area contributed by atoms with Gasteiger partial charge in [-0.25, -0.2) is 4.39 Å². The van der Waals surface area contributed by atoms with Crippen molar-refractivity contribution < 1.29 is 13.6 Å². The minimum absolute atomic E-state index is 0.140. The van der Waals surface area contributed by atoms with E-state index in [0.29, 0.717) is 22.9 Å². The fraction of sp³-hybridized carbons (Fsp3) is 0.150. The van der Waals surface area contributed by atoms with E-state index >= 15 is 0 Å². The lowest BCUT2D eigenvalue weighted by Crippen LogP contribution is -2.10. The predicted octanol–water partition coefficient (Wildman–Crippen LogP) is 5.46. The number of hydrogen-bond donors (Lipinski definition) is 1. The third-order valence-corrected chi connectivity index (χ3v) is 3.80. The fourth-order valence-corrected chi connectivity index (χ4v) is 2.41. The summed E-state index contributed by atoms with van der Waals surface area (Å²) < 4.78 is 19.3. The lowest BCUT2D eigenvalue weighted by molar-refractivity contribution is 0.0997. The van der Waals surface area contributed by atoms with Crippen molar-refractivity contribution in [2.45, 2.75) is 19.8 Å². The SMILES string of the molecule is CC(C)c1ccc(NC(=O)c2ccc(-c3ccccc3F)o2)cc1. The topological polar surface area (TPSA) is 42.2 Å². The van der Waals surface area contributed by atoms with E-state index in [1.165, 1.54) is 11.6 Å². The molecule has 0 aliphatic carbocycles. The van der Waals surface area contributed by atoms with Crippen LogP contribution in [0.5, 0.6) is 0 Å². The van der Waals surface area contributed by atoms with Gasteiger partial charge in [0.15, 0.2) is 5.76 Å². The Kier molecular flexibility index (Phi) is 4.47. The van der Waals surface area contributed by atoms with E-state index in [0.717, 1.165) is 0 Å². The summed E-state index contributed by atoms with van der Waals surface area (Å²) >= 11 is 0. The molecule has 0 saturated heterocycles. The Morgan fingerprint density at radius 2 is 1.71 bits per heavy atom. The van der Waals surface area contributed by atoms with Gasteiger partial charge in [-0.15, -0.1) is 0 Å². The van der Waals surface area contributed by atoms with Crippen LogP contribution in [0.1, 0.15) is 35.9 Å². The molecule has 1 aromatic heterocycles. The summed E-state index contributed by atoms with van der Waals surface area (Å²) in [6, 6.07) is 17.1. The zero-order valence-electron chi connectivity index (χ0n) is 13.5. The molecule has 0 spiro atoms. The van der Waals surface area contributed by atoms with Gasteiger partial charge in [-0.2, -0.15) is 0 Å². The van der Waals surface area contributed by atoms with Crippen molar-refractivity contribution >= 4 is 11.6 Å². The molecule has 3 aromatic rings. The predicted molar refractivity (Wildman–Crippen MR) is 92.6 cm³/mol. The van der Waals surface area contributed by atoms with Crippen molar-refractivity contribution in [2.75, 3.05) is 5.32 Å². The third kappa shape index (κ3) is 3.38. The van der Waals surface area contributed by atoms with Gasteiger partial charge in [0.25, 0.3) is 5.91 Å². The van der Waals surface area contributed by atoms with E-state index in [2.05, 4.69) is 19.2 Å². The maximum Gasteiger partial charge on any atom is 0.291 e. The Morgan fingerprint density at radius 3 is 2.38 bits per heavy atom. The van der Waals surface area contributed by atoms with Gasteiger partial charge in [-0.1, -0.05) is 38.1 Å². The second-order valence-electron chi connectivity index (χ2n) is 5.87. The molecule has 3 nitrogen and oxygen atoms in total. The molecule has 1 heterocycles. The number of rotatable bonds is 4. The van der Waals surface area contributed by atoms with Gasteiger partial charge in [-0.3, -0.25) is 4.79 Å². The maximum absolute atomic E-state index is 13.8. The Labute approximate surface area is 140 Å². The van der Waals surface area contributed by atoms with Crippen LogP contribution in [0.3, 0.4) is 0 Å². The van der Waals surface area contributed by atoms with Gasteiger partial charge < -0.3 is 9.73 Å². The molecule has 2 aromatic carbocycles. The second-order valence-corrected chi connectivity index (χ2v) is 5.87. The Bertz CT molecular complexity index is 850. The quantitative estimate of drug-likeness (QED) is 0.692. The van der Waals surface area contributed by atoms with Crippen LogP contribution in [-0.4, -0.2) is 5.91 Å². The van der Waals surface area contributed by atoms with Crippen molar-refractivity contribution in [3.05, 3.63) is 77.8 Å². The highest BCUT2D eigenvalue weighted by Gasteiger charge is 2.14. The van der Waals surface area contributed by atoms with E-state index in [9.17, 15) is 9.18 Å². The van der Waals surface area contributed by atoms with Gasteiger partial charge in [-0.05, 0) is 47.9 Å². The monoisotopic (exact) mass is 323 g/mol. The standard InChI is InChI=1S/C20H18FNO2/c1-13(2)14-7-9-15(10-8-14)22-20(23)19-12-11-18(24-19)16-5-3-4-6-17(16)21/h3-13H,1-2H3,(H,22,23). The lowest BCUT2D eigenvalue weighted by atomic mass is 10.0. The van der Waals surface area contributed by atoms with E-state index in [1.54, 1.807) is 30.3 Å². The van der Waals surface area contributed by atoms with E-state index in [-0.39, 0.29) is 17.5 Å².